The number of aromatic nitrogens is 3. The lowest BCUT2D eigenvalue weighted by Crippen LogP contribution is -2.31. The van der Waals surface area contributed by atoms with Gasteiger partial charge in [0.05, 0.1) is 22.5 Å². The number of nitrogens with zero attached hydrogens (tertiary/aromatic N) is 2. The summed E-state index contributed by atoms with van der Waals surface area (Å²) in [6.45, 7) is 1.89. The number of benzene rings is 1. The van der Waals surface area contributed by atoms with Gasteiger partial charge in [-0.2, -0.15) is 5.10 Å². The minimum absolute atomic E-state index is 0.135. The maximum atomic E-state index is 12.5. The Kier molecular flexibility index (Phi) is 4.38. The predicted octanol–water partition coefficient (Wildman–Crippen LogP) is 3.22. The van der Waals surface area contributed by atoms with Crippen molar-refractivity contribution in [1.82, 2.24) is 14.8 Å². The van der Waals surface area contributed by atoms with Crippen molar-refractivity contribution in [2.24, 2.45) is 5.14 Å². The third-order valence-electron chi connectivity index (χ3n) is 5.27. The first-order valence-electron chi connectivity index (χ1n) is 8.78. The van der Waals surface area contributed by atoms with Crippen LogP contribution in [0.1, 0.15) is 38.6 Å². The fourth-order valence-electron chi connectivity index (χ4n) is 3.74. The number of nitrogens with one attached hydrogen (secondary N) is 1. The average Bonchev–Trinajstić information content (AvgIpc) is 3.03. The van der Waals surface area contributed by atoms with Crippen molar-refractivity contribution >= 4 is 22.9 Å². The van der Waals surface area contributed by atoms with Crippen LogP contribution in [0.25, 0.3) is 22.2 Å². The molecule has 2 aromatic heterocycles. The zero-order valence-electron chi connectivity index (χ0n) is 14.6. The molecule has 0 aliphatic heterocycles. The Bertz CT molecular complexity index is 981. The van der Waals surface area contributed by atoms with Crippen molar-refractivity contribution < 1.29 is 5.11 Å². The zero-order valence-corrected chi connectivity index (χ0v) is 15.4. The van der Waals surface area contributed by atoms with E-state index in [9.17, 15) is 9.90 Å². The topological polar surface area (TPSA) is 96.9 Å². The molecule has 0 bridgehead atoms. The molecule has 7 heteroatoms. The maximum absolute atomic E-state index is 12.5. The van der Waals surface area contributed by atoms with Crippen molar-refractivity contribution in [3.8, 4) is 11.3 Å². The summed E-state index contributed by atoms with van der Waals surface area (Å²) in [4.78, 5) is 16.2. The second-order valence-electron chi connectivity index (χ2n) is 7.23. The minimum atomic E-state index is -0.602. The summed E-state index contributed by atoms with van der Waals surface area (Å²) in [6.07, 6.45) is 4.83. The van der Waals surface area contributed by atoms with Gasteiger partial charge >= 0.3 is 0 Å². The van der Waals surface area contributed by atoms with E-state index in [-0.39, 0.29) is 11.6 Å². The van der Waals surface area contributed by atoms with Crippen LogP contribution in [0.3, 0.4) is 0 Å². The van der Waals surface area contributed by atoms with E-state index in [0.717, 1.165) is 41.7 Å². The van der Waals surface area contributed by atoms with E-state index in [1.807, 2.05) is 41.9 Å². The normalized spacial score (nSPS) is 23.4. The average molecular weight is 370 g/mol. The van der Waals surface area contributed by atoms with Gasteiger partial charge < -0.3 is 10.1 Å². The highest BCUT2D eigenvalue weighted by Gasteiger charge is 2.31. The van der Waals surface area contributed by atoms with Crippen LogP contribution < -0.4 is 10.7 Å². The monoisotopic (exact) mass is 370 g/mol. The smallest absolute Gasteiger partial charge is 0.259 e. The largest absolute Gasteiger partial charge is 0.390 e. The van der Waals surface area contributed by atoms with Crippen LogP contribution in [0, 0.1) is 0 Å². The number of nitrogens with two attached hydrogens (primary N) is 1. The lowest BCUT2D eigenvalue weighted by atomic mass is 9.84. The summed E-state index contributed by atoms with van der Waals surface area (Å²) in [5.41, 5.74) is 1.69. The Labute approximate surface area is 155 Å². The van der Waals surface area contributed by atoms with Gasteiger partial charge in [0, 0.05) is 16.7 Å². The summed E-state index contributed by atoms with van der Waals surface area (Å²) in [5.74, 6) is 0. The second kappa shape index (κ2) is 6.57. The standard InChI is InChI=1S/C19H22N4O2S/c1-19(25)9-6-13(7-10-19)23-15-8-11-21-18(24)16(15)17(22-23)12-2-4-14(26-20)5-3-12/h2-5,8,11,13,25H,6-7,9-10,20H2,1H3,(H,21,24). The molecule has 1 aliphatic rings. The Balaban J connectivity index is 1.82. The molecule has 1 aromatic carbocycles. The molecule has 136 valence electrons. The van der Waals surface area contributed by atoms with Gasteiger partial charge in [-0.25, -0.2) is 0 Å². The summed E-state index contributed by atoms with van der Waals surface area (Å²) >= 11 is 1.19. The van der Waals surface area contributed by atoms with Gasteiger partial charge in [0.1, 0.15) is 5.69 Å². The summed E-state index contributed by atoms with van der Waals surface area (Å²) in [7, 11) is 0. The summed E-state index contributed by atoms with van der Waals surface area (Å²) in [6, 6.07) is 9.84. The number of pyridine rings is 1. The van der Waals surface area contributed by atoms with Gasteiger partial charge in [-0.05, 0) is 62.8 Å². The Morgan fingerprint density at radius 2 is 1.96 bits per heavy atom. The SMILES string of the molecule is CC1(O)CCC(n2nc(-c3ccc(SN)cc3)c3c(=O)[nH]ccc32)CC1. The number of rotatable bonds is 3. The van der Waals surface area contributed by atoms with Crippen LogP contribution in [0.2, 0.25) is 0 Å². The molecule has 0 unspecified atom stereocenters. The van der Waals surface area contributed by atoms with Crippen molar-refractivity contribution in [3.63, 3.8) is 0 Å². The van der Waals surface area contributed by atoms with E-state index < -0.39 is 5.60 Å². The van der Waals surface area contributed by atoms with Gasteiger partial charge in [0.15, 0.2) is 0 Å². The minimum Gasteiger partial charge on any atom is -0.390 e. The first-order valence-corrected chi connectivity index (χ1v) is 9.66. The predicted molar refractivity (Wildman–Crippen MR) is 104 cm³/mol. The van der Waals surface area contributed by atoms with Gasteiger partial charge in [-0.3, -0.25) is 14.6 Å². The highest BCUT2D eigenvalue weighted by molar-refractivity contribution is 7.97. The van der Waals surface area contributed by atoms with Crippen molar-refractivity contribution in [1.29, 1.82) is 0 Å². The molecule has 4 N–H and O–H groups in total. The van der Waals surface area contributed by atoms with Crippen LogP contribution >= 0.6 is 11.9 Å². The molecule has 4 rings (SSSR count). The molecule has 0 radical (unpaired) electrons. The Morgan fingerprint density at radius 1 is 1.27 bits per heavy atom. The lowest BCUT2D eigenvalue weighted by Gasteiger charge is -2.33. The molecule has 2 heterocycles. The molecule has 0 amide bonds. The highest BCUT2D eigenvalue weighted by Crippen LogP contribution is 2.37. The van der Waals surface area contributed by atoms with Gasteiger partial charge in [0.2, 0.25) is 0 Å². The lowest BCUT2D eigenvalue weighted by molar-refractivity contribution is 0.00907. The molecule has 1 saturated carbocycles. The third-order valence-corrected chi connectivity index (χ3v) is 5.82. The van der Waals surface area contributed by atoms with Gasteiger partial charge in [-0.1, -0.05) is 12.1 Å². The third kappa shape index (κ3) is 3.06. The number of hydrogen-bond acceptors (Lipinski definition) is 5. The van der Waals surface area contributed by atoms with Crippen molar-refractivity contribution in [2.75, 3.05) is 0 Å². The second-order valence-corrected chi connectivity index (χ2v) is 7.94. The molecule has 3 aromatic rings. The quantitative estimate of drug-likeness (QED) is 0.615. The Hall–Kier alpha value is -2.09. The number of aliphatic hydroxyl groups is 1. The van der Waals surface area contributed by atoms with E-state index in [1.165, 1.54) is 11.9 Å². The Morgan fingerprint density at radius 3 is 2.62 bits per heavy atom. The molecule has 0 atom stereocenters. The van der Waals surface area contributed by atoms with Crippen LogP contribution in [0.4, 0.5) is 0 Å². The number of H-pyrrole nitrogens is 1. The fraction of sp³-hybridized carbons (Fsp3) is 0.368. The molecule has 6 nitrogen and oxygen atoms in total. The van der Waals surface area contributed by atoms with E-state index in [1.54, 1.807) is 6.20 Å². The number of hydrogen-bond donors (Lipinski definition) is 3. The maximum Gasteiger partial charge on any atom is 0.259 e. The van der Waals surface area contributed by atoms with E-state index >= 15 is 0 Å². The number of fused-ring (bicyclic) bond motifs is 1. The molecule has 0 saturated heterocycles. The first kappa shape index (κ1) is 17.3. The highest BCUT2D eigenvalue weighted by atomic mass is 32.2. The van der Waals surface area contributed by atoms with Crippen LogP contribution in [-0.2, 0) is 0 Å². The molecular weight excluding hydrogens is 348 g/mol. The fourth-order valence-corrected chi connectivity index (χ4v) is 4.03. The van der Waals surface area contributed by atoms with Crippen molar-refractivity contribution in [3.05, 3.63) is 46.9 Å². The van der Waals surface area contributed by atoms with Gasteiger partial charge in [0.25, 0.3) is 5.56 Å². The molecule has 1 aliphatic carbocycles. The number of aromatic amines is 1. The van der Waals surface area contributed by atoms with E-state index in [2.05, 4.69) is 4.98 Å². The van der Waals surface area contributed by atoms with E-state index in [4.69, 9.17) is 10.2 Å². The van der Waals surface area contributed by atoms with Crippen LogP contribution in [0.5, 0.6) is 0 Å². The molecule has 26 heavy (non-hydrogen) atoms. The van der Waals surface area contributed by atoms with Crippen LogP contribution in [-0.4, -0.2) is 25.5 Å². The summed E-state index contributed by atoms with van der Waals surface area (Å²) < 4.78 is 1.97. The van der Waals surface area contributed by atoms with Crippen LogP contribution in [0.15, 0.2) is 46.2 Å². The first-order chi connectivity index (χ1) is 12.5. The zero-order chi connectivity index (χ0) is 18.3. The van der Waals surface area contributed by atoms with Gasteiger partial charge in [-0.15, -0.1) is 0 Å². The summed E-state index contributed by atoms with van der Waals surface area (Å²) in [5, 5.41) is 21.3. The van der Waals surface area contributed by atoms with E-state index in [0.29, 0.717) is 11.1 Å². The molecule has 0 spiro atoms. The molecule has 1 fully saturated rings. The molecular formula is C19H22N4O2S. The van der Waals surface area contributed by atoms with Crippen molar-refractivity contribution in [2.45, 2.75) is 49.1 Å².